The molecule has 0 fully saturated rings. The van der Waals surface area contributed by atoms with Gasteiger partial charge in [0, 0.05) is 40.5 Å². The average Bonchev–Trinajstić information content (AvgIpc) is 3.23. The molecular formula is C23H20ClN5O3. The Morgan fingerprint density at radius 2 is 2.03 bits per heavy atom. The number of ether oxygens (including phenoxy) is 1. The molecule has 162 valence electrons. The van der Waals surface area contributed by atoms with Gasteiger partial charge in [-0.2, -0.15) is 0 Å². The molecule has 32 heavy (non-hydrogen) atoms. The zero-order valence-electron chi connectivity index (χ0n) is 17.3. The molecule has 3 heterocycles. The van der Waals surface area contributed by atoms with Crippen molar-refractivity contribution in [3.63, 3.8) is 0 Å². The number of H-pyrrole nitrogens is 1. The molecule has 2 amide bonds. The molecular weight excluding hydrogens is 430 g/mol. The Hall–Kier alpha value is -3.78. The first-order valence-electron chi connectivity index (χ1n) is 10.1. The summed E-state index contributed by atoms with van der Waals surface area (Å²) in [7, 11) is 1.58. The van der Waals surface area contributed by atoms with Crippen LogP contribution in [0.4, 0.5) is 10.5 Å². The van der Waals surface area contributed by atoms with Crippen LogP contribution in [0, 0.1) is 0 Å². The number of nitrogens with zero attached hydrogens (tertiary/aromatic N) is 3. The molecule has 0 saturated heterocycles. The highest BCUT2D eigenvalue weighted by atomic mass is 35.5. The summed E-state index contributed by atoms with van der Waals surface area (Å²) in [5.74, 6) is 0.658. The molecule has 0 aliphatic carbocycles. The Morgan fingerprint density at radius 1 is 1.19 bits per heavy atom. The first-order valence-corrected chi connectivity index (χ1v) is 10.5. The van der Waals surface area contributed by atoms with Crippen molar-refractivity contribution in [2.24, 2.45) is 0 Å². The summed E-state index contributed by atoms with van der Waals surface area (Å²) >= 11 is 6.31. The lowest BCUT2D eigenvalue weighted by molar-refractivity contribution is 0.205. The van der Waals surface area contributed by atoms with Gasteiger partial charge in [-0.1, -0.05) is 35.9 Å². The van der Waals surface area contributed by atoms with Crippen molar-refractivity contribution in [3.8, 4) is 17.0 Å². The Kier molecular flexibility index (Phi) is 5.07. The lowest BCUT2D eigenvalue weighted by Crippen LogP contribution is -2.41. The molecule has 9 heteroatoms. The minimum absolute atomic E-state index is 0.156. The van der Waals surface area contributed by atoms with Crippen molar-refractivity contribution in [3.05, 3.63) is 81.2 Å². The second kappa shape index (κ2) is 8.05. The van der Waals surface area contributed by atoms with Crippen LogP contribution >= 0.6 is 11.6 Å². The van der Waals surface area contributed by atoms with Gasteiger partial charge in [-0.25, -0.2) is 14.3 Å². The van der Waals surface area contributed by atoms with Gasteiger partial charge in [-0.15, -0.1) is 0 Å². The van der Waals surface area contributed by atoms with Crippen LogP contribution in [0.25, 0.3) is 16.9 Å². The van der Waals surface area contributed by atoms with Crippen LogP contribution in [0.5, 0.6) is 5.75 Å². The van der Waals surface area contributed by atoms with E-state index < -0.39 is 0 Å². The van der Waals surface area contributed by atoms with Crippen molar-refractivity contribution >= 4 is 29.0 Å². The topological polar surface area (TPSA) is 91.7 Å². The van der Waals surface area contributed by atoms with E-state index in [1.165, 1.54) is 4.52 Å². The van der Waals surface area contributed by atoms with Crippen molar-refractivity contribution in [2.75, 3.05) is 19.0 Å². The van der Waals surface area contributed by atoms with Gasteiger partial charge in [-0.3, -0.25) is 9.89 Å². The van der Waals surface area contributed by atoms with Crippen molar-refractivity contribution in [2.45, 2.75) is 13.0 Å². The van der Waals surface area contributed by atoms with Gasteiger partial charge in [0.2, 0.25) is 0 Å². The fourth-order valence-electron chi connectivity index (χ4n) is 3.89. The predicted octanol–water partition coefficient (Wildman–Crippen LogP) is 3.94. The third-order valence-corrected chi connectivity index (χ3v) is 5.87. The maximum absolute atomic E-state index is 13.1. The van der Waals surface area contributed by atoms with E-state index in [4.69, 9.17) is 16.3 Å². The molecule has 0 saturated carbocycles. The average molecular weight is 450 g/mol. The molecule has 2 aromatic heterocycles. The third-order valence-electron chi connectivity index (χ3n) is 5.54. The first kappa shape index (κ1) is 20.1. The number of amides is 2. The third kappa shape index (κ3) is 3.58. The van der Waals surface area contributed by atoms with E-state index in [1.54, 1.807) is 36.3 Å². The minimum atomic E-state index is -0.253. The van der Waals surface area contributed by atoms with E-state index in [1.807, 2.05) is 30.3 Å². The highest BCUT2D eigenvalue weighted by Gasteiger charge is 2.25. The molecule has 1 aliphatic rings. The van der Waals surface area contributed by atoms with Crippen LogP contribution in [-0.2, 0) is 13.0 Å². The van der Waals surface area contributed by atoms with Gasteiger partial charge in [0.25, 0.3) is 5.56 Å². The van der Waals surface area contributed by atoms with Gasteiger partial charge in [-0.05, 0) is 24.6 Å². The number of anilines is 1. The normalized spacial score (nSPS) is 13.1. The number of methoxy groups -OCH3 is 1. The number of nitrogens with one attached hydrogen (secondary N) is 2. The van der Waals surface area contributed by atoms with Crippen LogP contribution in [0.3, 0.4) is 0 Å². The van der Waals surface area contributed by atoms with E-state index in [-0.39, 0.29) is 18.1 Å². The largest absolute Gasteiger partial charge is 0.497 e. The molecule has 0 unspecified atom stereocenters. The fourth-order valence-corrected chi connectivity index (χ4v) is 4.13. The summed E-state index contributed by atoms with van der Waals surface area (Å²) in [4.78, 5) is 32.2. The molecule has 5 rings (SSSR count). The van der Waals surface area contributed by atoms with E-state index in [2.05, 4.69) is 15.4 Å². The molecule has 0 radical (unpaired) electrons. The number of carbonyl (C=O) groups is 1. The fraction of sp³-hybridized carbons (Fsp3) is 0.174. The molecule has 2 N–H and O–H groups in total. The SMILES string of the molecule is COc1cccc(NC(=O)N2CCc3c(nc4cc(-c5ccccc5Cl)[nH]n4c3=O)C2)c1. The number of hydrogen-bond acceptors (Lipinski definition) is 4. The second-order valence-electron chi connectivity index (χ2n) is 7.52. The summed E-state index contributed by atoms with van der Waals surface area (Å²) < 4.78 is 6.63. The summed E-state index contributed by atoms with van der Waals surface area (Å²) in [5, 5.41) is 6.56. The van der Waals surface area contributed by atoms with Crippen molar-refractivity contribution in [1.82, 2.24) is 19.5 Å². The van der Waals surface area contributed by atoms with E-state index in [0.717, 1.165) is 5.56 Å². The first-order chi connectivity index (χ1) is 15.5. The van der Waals surface area contributed by atoms with Gasteiger partial charge in [0.1, 0.15) is 5.75 Å². The zero-order valence-corrected chi connectivity index (χ0v) is 18.0. The van der Waals surface area contributed by atoms with Crippen LogP contribution in [0.2, 0.25) is 5.02 Å². The van der Waals surface area contributed by atoms with Crippen LogP contribution in [-0.4, -0.2) is 39.2 Å². The molecule has 0 spiro atoms. The molecule has 8 nitrogen and oxygen atoms in total. The molecule has 0 bridgehead atoms. The summed E-state index contributed by atoms with van der Waals surface area (Å²) in [6, 6.07) is 16.1. The number of rotatable bonds is 3. The number of urea groups is 1. The smallest absolute Gasteiger partial charge is 0.322 e. The number of aromatic nitrogens is 3. The molecule has 2 aromatic carbocycles. The monoisotopic (exact) mass is 449 g/mol. The standard InChI is InChI=1S/C23H20ClN5O3/c1-32-15-6-4-5-14(11-15)25-23(31)28-10-9-17-20(13-28)26-21-12-19(27-29(21)22(17)30)16-7-2-3-8-18(16)24/h2-8,11-12,27H,9-10,13H2,1H3,(H,25,31). The van der Waals surface area contributed by atoms with E-state index >= 15 is 0 Å². The van der Waals surface area contributed by atoms with E-state index in [9.17, 15) is 9.59 Å². The highest BCUT2D eigenvalue weighted by molar-refractivity contribution is 6.33. The summed E-state index contributed by atoms with van der Waals surface area (Å²) in [5.41, 5.74) is 3.67. The van der Waals surface area contributed by atoms with Crippen molar-refractivity contribution in [1.29, 1.82) is 0 Å². The summed E-state index contributed by atoms with van der Waals surface area (Å²) in [6.45, 7) is 0.674. The molecule has 1 aliphatic heterocycles. The predicted molar refractivity (Wildman–Crippen MR) is 122 cm³/mol. The minimum Gasteiger partial charge on any atom is -0.497 e. The Labute approximate surface area is 188 Å². The lowest BCUT2D eigenvalue weighted by atomic mass is 10.1. The van der Waals surface area contributed by atoms with Crippen LogP contribution in [0.15, 0.2) is 59.4 Å². The number of carbonyl (C=O) groups excluding carboxylic acids is 1. The maximum Gasteiger partial charge on any atom is 0.322 e. The Bertz CT molecular complexity index is 1390. The van der Waals surface area contributed by atoms with Gasteiger partial charge in [0.05, 0.1) is 25.0 Å². The maximum atomic E-state index is 13.1. The number of benzene rings is 2. The molecule has 4 aromatic rings. The highest BCUT2D eigenvalue weighted by Crippen LogP contribution is 2.27. The summed E-state index contributed by atoms with van der Waals surface area (Å²) in [6.07, 6.45) is 0.427. The van der Waals surface area contributed by atoms with Gasteiger partial charge < -0.3 is 15.0 Å². The Morgan fingerprint density at radius 3 is 2.84 bits per heavy atom. The number of fused-ring (bicyclic) bond motifs is 2. The second-order valence-corrected chi connectivity index (χ2v) is 7.93. The van der Waals surface area contributed by atoms with E-state index in [0.29, 0.717) is 52.0 Å². The lowest BCUT2D eigenvalue weighted by Gasteiger charge is -2.27. The zero-order chi connectivity index (χ0) is 22.2. The van der Waals surface area contributed by atoms with Crippen LogP contribution < -0.4 is 15.6 Å². The van der Waals surface area contributed by atoms with Gasteiger partial charge in [0.15, 0.2) is 5.65 Å². The molecule has 0 atom stereocenters. The number of hydrogen-bond donors (Lipinski definition) is 2. The quantitative estimate of drug-likeness (QED) is 0.495. The number of halogens is 1. The Balaban J connectivity index is 1.43. The van der Waals surface area contributed by atoms with Crippen LogP contribution in [0.1, 0.15) is 11.3 Å². The van der Waals surface area contributed by atoms with Crippen molar-refractivity contribution < 1.29 is 9.53 Å². The van der Waals surface area contributed by atoms with Gasteiger partial charge >= 0.3 is 6.03 Å². The number of aromatic amines is 1.